The fourth-order valence-corrected chi connectivity index (χ4v) is 3.62. The highest BCUT2D eigenvalue weighted by Crippen LogP contribution is 2.34. The number of aromatic nitrogens is 4. The summed E-state index contributed by atoms with van der Waals surface area (Å²) in [7, 11) is 0. The summed E-state index contributed by atoms with van der Waals surface area (Å²) in [6.07, 6.45) is 8.34. The minimum atomic E-state index is -0.291. The largest absolute Gasteiger partial charge is 0.382 e. The van der Waals surface area contributed by atoms with Gasteiger partial charge in [0, 0.05) is 42.9 Å². The lowest BCUT2D eigenvalue weighted by Gasteiger charge is -2.30. The molecule has 2 amide bonds. The van der Waals surface area contributed by atoms with Crippen LogP contribution in [0.15, 0.2) is 49.2 Å². The topological polar surface area (TPSA) is 95.9 Å². The zero-order chi connectivity index (χ0) is 22.9. The van der Waals surface area contributed by atoms with Gasteiger partial charge in [-0.05, 0) is 42.0 Å². The van der Waals surface area contributed by atoms with Crippen molar-refractivity contribution in [3.05, 3.63) is 54.7 Å². The fraction of sp³-hybridized carbons (Fsp3) is 0.375. The molecule has 1 aliphatic heterocycles. The lowest BCUT2D eigenvalue weighted by atomic mass is 9.87. The maximum atomic E-state index is 13.3. The Morgan fingerprint density at radius 2 is 1.94 bits per heavy atom. The van der Waals surface area contributed by atoms with Crippen LogP contribution in [0.2, 0.25) is 0 Å². The zero-order valence-corrected chi connectivity index (χ0v) is 19.1. The Labute approximate surface area is 188 Å². The molecule has 0 aromatic carbocycles. The van der Waals surface area contributed by atoms with Gasteiger partial charge in [-0.2, -0.15) is 0 Å². The van der Waals surface area contributed by atoms with E-state index in [1.807, 2.05) is 31.5 Å². The molecule has 0 bridgehead atoms. The van der Waals surface area contributed by atoms with Crippen molar-refractivity contribution in [2.24, 2.45) is 5.92 Å². The highest BCUT2D eigenvalue weighted by molar-refractivity contribution is 6.03. The van der Waals surface area contributed by atoms with Gasteiger partial charge in [-0.3, -0.25) is 20.2 Å². The van der Waals surface area contributed by atoms with E-state index in [1.54, 1.807) is 17.3 Å². The molecule has 166 valence electrons. The van der Waals surface area contributed by atoms with E-state index in [0.717, 1.165) is 29.1 Å². The Morgan fingerprint density at radius 1 is 1.12 bits per heavy atom. The van der Waals surface area contributed by atoms with Crippen molar-refractivity contribution in [2.75, 3.05) is 22.1 Å². The van der Waals surface area contributed by atoms with Crippen molar-refractivity contribution in [3.63, 3.8) is 0 Å². The Bertz CT molecular complexity index is 1110. The third-order valence-electron chi connectivity index (χ3n) is 5.87. The Morgan fingerprint density at radius 3 is 2.66 bits per heavy atom. The first-order valence-corrected chi connectivity index (χ1v) is 10.8. The molecular weight excluding hydrogens is 402 g/mol. The molecule has 4 rings (SSSR count). The first kappa shape index (κ1) is 21.7. The van der Waals surface area contributed by atoms with Crippen LogP contribution in [0.4, 0.5) is 22.1 Å². The number of hydrogen-bond acceptors (Lipinski definition) is 6. The maximum Gasteiger partial charge on any atom is 0.329 e. The lowest BCUT2D eigenvalue weighted by molar-refractivity contribution is 0.253. The molecule has 0 saturated heterocycles. The summed E-state index contributed by atoms with van der Waals surface area (Å²) in [5.74, 6) is 1.20. The Balaban J connectivity index is 1.76. The van der Waals surface area contributed by atoms with E-state index < -0.39 is 0 Å². The number of fused-ring (bicyclic) bond motifs is 1. The van der Waals surface area contributed by atoms with E-state index >= 15 is 0 Å². The number of nitrogens with one attached hydrogen (secondary N) is 2. The summed E-state index contributed by atoms with van der Waals surface area (Å²) in [6.45, 7) is 11.4. The predicted octanol–water partition coefficient (Wildman–Crippen LogP) is 4.72. The van der Waals surface area contributed by atoms with Gasteiger partial charge in [0.25, 0.3) is 0 Å². The van der Waals surface area contributed by atoms with E-state index in [4.69, 9.17) is 4.98 Å². The third-order valence-corrected chi connectivity index (χ3v) is 5.87. The van der Waals surface area contributed by atoms with Crippen LogP contribution in [-0.2, 0) is 5.41 Å². The van der Waals surface area contributed by atoms with Crippen molar-refractivity contribution in [1.82, 2.24) is 19.9 Å². The number of nitrogens with zero attached hydrogens (tertiary/aromatic N) is 5. The van der Waals surface area contributed by atoms with Gasteiger partial charge in [0.1, 0.15) is 0 Å². The third kappa shape index (κ3) is 4.39. The van der Waals surface area contributed by atoms with Gasteiger partial charge in [-0.1, -0.05) is 27.7 Å². The highest BCUT2D eigenvalue weighted by atomic mass is 16.2. The van der Waals surface area contributed by atoms with Gasteiger partial charge in [-0.25, -0.2) is 14.8 Å². The number of carbonyl (C=O) groups excluding carboxylic acids is 1. The minimum Gasteiger partial charge on any atom is -0.382 e. The van der Waals surface area contributed by atoms with Crippen LogP contribution in [0.25, 0.3) is 11.3 Å². The van der Waals surface area contributed by atoms with Gasteiger partial charge in [0.05, 0.1) is 17.6 Å². The van der Waals surface area contributed by atoms with E-state index in [-0.39, 0.29) is 23.4 Å². The molecule has 8 nitrogen and oxygen atoms in total. The van der Waals surface area contributed by atoms with Crippen LogP contribution < -0.4 is 15.5 Å². The van der Waals surface area contributed by atoms with Gasteiger partial charge < -0.3 is 5.32 Å². The molecule has 0 aliphatic carbocycles. The highest BCUT2D eigenvalue weighted by Gasteiger charge is 2.32. The Kier molecular flexibility index (Phi) is 5.78. The summed E-state index contributed by atoms with van der Waals surface area (Å²) in [6, 6.07) is 5.69. The van der Waals surface area contributed by atoms with Crippen molar-refractivity contribution in [2.45, 2.75) is 46.1 Å². The first-order valence-electron chi connectivity index (χ1n) is 10.8. The molecule has 1 aliphatic rings. The zero-order valence-electron chi connectivity index (χ0n) is 19.1. The summed E-state index contributed by atoms with van der Waals surface area (Å²) in [5, 5.41) is 6.29. The standard InChI is InChI=1S/C24H29N7O/c1-15-11-28-20-7-6-19(17-10-18(13-26-12-17)24(3,4)5)29-22(20)31(16(15)2)23(32)30-21-14-25-8-9-27-21/h6-10,12-16,28H,11H2,1-5H3,(H,27,30,32)/t15-,16-/m1/s1. The van der Waals surface area contributed by atoms with Gasteiger partial charge in [-0.15, -0.1) is 0 Å². The molecule has 0 spiro atoms. The van der Waals surface area contributed by atoms with Crippen LogP contribution >= 0.6 is 0 Å². The number of amides is 2. The molecule has 2 atom stereocenters. The summed E-state index contributed by atoms with van der Waals surface area (Å²) < 4.78 is 0. The summed E-state index contributed by atoms with van der Waals surface area (Å²) in [5.41, 5.74) is 3.61. The average Bonchev–Trinajstić information content (AvgIpc) is 2.90. The van der Waals surface area contributed by atoms with Crippen molar-refractivity contribution >= 4 is 23.4 Å². The van der Waals surface area contributed by atoms with Crippen LogP contribution in [0.3, 0.4) is 0 Å². The second-order valence-electron chi connectivity index (χ2n) is 9.27. The van der Waals surface area contributed by atoms with E-state index in [0.29, 0.717) is 11.6 Å². The minimum absolute atomic E-state index is 0.0250. The van der Waals surface area contributed by atoms with E-state index in [1.165, 1.54) is 6.20 Å². The van der Waals surface area contributed by atoms with Gasteiger partial charge >= 0.3 is 6.03 Å². The number of carbonyl (C=O) groups is 1. The van der Waals surface area contributed by atoms with Crippen LogP contribution in [0.1, 0.15) is 40.2 Å². The monoisotopic (exact) mass is 431 g/mol. The molecule has 0 saturated carbocycles. The molecule has 0 unspecified atom stereocenters. The molecule has 0 radical (unpaired) electrons. The summed E-state index contributed by atoms with van der Waals surface area (Å²) >= 11 is 0. The number of pyridine rings is 2. The SMILES string of the molecule is C[C@@H]1CNc2ccc(-c3cncc(C(C)(C)C)c3)nc2N(C(=O)Nc2cnccn2)[C@@H]1C. The maximum absolute atomic E-state index is 13.3. The van der Waals surface area contributed by atoms with Crippen molar-refractivity contribution in [1.29, 1.82) is 0 Å². The van der Waals surface area contributed by atoms with Crippen LogP contribution in [0, 0.1) is 5.92 Å². The first-order chi connectivity index (χ1) is 15.2. The molecule has 32 heavy (non-hydrogen) atoms. The quantitative estimate of drug-likeness (QED) is 0.610. The average molecular weight is 432 g/mol. The van der Waals surface area contributed by atoms with E-state index in [9.17, 15) is 4.79 Å². The van der Waals surface area contributed by atoms with Gasteiger partial charge in [0.15, 0.2) is 11.6 Å². The molecular formula is C24H29N7O. The fourth-order valence-electron chi connectivity index (χ4n) is 3.62. The van der Waals surface area contributed by atoms with Crippen LogP contribution in [-0.4, -0.2) is 38.6 Å². The second kappa shape index (κ2) is 8.53. The summed E-state index contributed by atoms with van der Waals surface area (Å²) in [4.78, 5) is 32.6. The van der Waals surface area contributed by atoms with Crippen molar-refractivity contribution in [3.8, 4) is 11.3 Å². The molecule has 3 aromatic heterocycles. The molecule has 8 heteroatoms. The lowest BCUT2D eigenvalue weighted by Crippen LogP contribution is -2.45. The molecule has 3 aromatic rings. The smallest absolute Gasteiger partial charge is 0.329 e. The Hall–Kier alpha value is -3.55. The predicted molar refractivity (Wildman–Crippen MR) is 127 cm³/mol. The molecule has 4 heterocycles. The second-order valence-corrected chi connectivity index (χ2v) is 9.27. The number of hydrogen-bond donors (Lipinski definition) is 2. The normalized spacial score (nSPS) is 18.3. The van der Waals surface area contributed by atoms with Crippen LogP contribution in [0.5, 0.6) is 0 Å². The molecule has 2 N–H and O–H groups in total. The number of anilines is 3. The number of urea groups is 1. The number of rotatable bonds is 2. The van der Waals surface area contributed by atoms with Gasteiger partial charge in [0.2, 0.25) is 0 Å². The molecule has 0 fully saturated rings. The van der Waals surface area contributed by atoms with E-state index in [2.05, 4.69) is 59.3 Å². The van der Waals surface area contributed by atoms with Crippen molar-refractivity contribution < 1.29 is 4.79 Å².